The summed E-state index contributed by atoms with van der Waals surface area (Å²) in [4.78, 5) is 11.0. The van der Waals surface area contributed by atoms with E-state index >= 15 is 0 Å². The fraction of sp³-hybridized carbons (Fsp3) is 0.364. The maximum Gasteiger partial charge on any atom is 0.337 e. The number of carboxylic acid groups (broad SMARTS) is 1. The van der Waals surface area contributed by atoms with Gasteiger partial charge >= 0.3 is 5.97 Å². The molecule has 0 amide bonds. The van der Waals surface area contributed by atoms with Crippen molar-refractivity contribution in [2.45, 2.75) is 13.3 Å². The minimum atomic E-state index is -3.47. The van der Waals surface area contributed by atoms with Gasteiger partial charge in [0, 0.05) is 12.2 Å². The minimum Gasteiger partial charge on any atom is -0.478 e. The average Bonchev–Trinajstić information content (AvgIpc) is 2.22. The molecule has 0 unspecified atom stereocenters. The zero-order valence-electron chi connectivity index (χ0n) is 10.0. The Kier molecular flexibility index (Phi) is 4.69. The van der Waals surface area contributed by atoms with Crippen molar-refractivity contribution >= 4 is 21.7 Å². The van der Waals surface area contributed by atoms with Crippen LogP contribution in [0.5, 0.6) is 0 Å². The summed E-state index contributed by atoms with van der Waals surface area (Å²) >= 11 is 0. The molecule has 0 saturated carbocycles. The average molecular weight is 272 g/mol. The molecule has 0 bridgehead atoms. The number of aryl methyl sites for hydroxylation is 1. The van der Waals surface area contributed by atoms with Crippen molar-refractivity contribution in [2.24, 2.45) is 5.14 Å². The summed E-state index contributed by atoms with van der Waals surface area (Å²) in [7, 11) is -3.47. The lowest BCUT2D eigenvalue weighted by atomic mass is 10.1. The van der Waals surface area contributed by atoms with Gasteiger partial charge in [-0.05, 0) is 31.0 Å². The van der Waals surface area contributed by atoms with Gasteiger partial charge < -0.3 is 10.4 Å². The molecule has 1 aromatic rings. The van der Waals surface area contributed by atoms with E-state index in [0.717, 1.165) is 5.56 Å². The first kappa shape index (κ1) is 14.5. The lowest BCUT2D eigenvalue weighted by Gasteiger charge is -2.10. The fourth-order valence-corrected chi connectivity index (χ4v) is 2.03. The summed E-state index contributed by atoms with van der Waals surface area (Å²) in [6.45, 7) is 2.20. The molecule has 0 fully saturated rings. The summed E-state index contributed by atoms with van der Waals surface area (Å²) in [5.74, 6) is -1.15. The number of nitrogens with two attached hydrogens (primary N) is 1. The molecular formula is C11H16N2O4S. The molecule has 0 atom stereocenters. The monoisotopic (exact) mass is 272 g/mol. The van der Waals surface area contributed by atoms with Crippen molar-refractivity contribution in [3.8, 4) is 0 Å². The number of hydrogen-bond donors (Lipinski definition) is 3. The van der Waals surface area contributed by atoms with Gasteiger partial charge in [0.1, 0.15) is 0 Å². The van der Waals surface area contributed by atoms with Gasteiger partial charge in [-0.15, -0.1) is 0 Å². The van der Waals surface area contributed by atoms with Gasteiger partial charge in [-0.3, -0.25) is 0 Å². The van der Waals surface area contributed by atoms with E-state index in [9.17, 15) is 13.2 Å². The van der Waals surface area contributed by atoms with Gasteiger partial charge in [-0.2, -0.15) is 0 Å². The number of sulfonamides is 1. The van der Waals surface area contributed by atoms with Crippen LogP contribution in [-0.4, -0.2) is 31.8 Å². The zero-order valence-corrected chi connectivity index (χ0v) is 10.8. The number of carboxylic acids is 1. The fourth-order valence-electron chi connectivity index (χ4n) is 1.49. The first-order valence-corrected chi connectivity index (χ1v) is 7.09. The molecule has 0 aliphatic rings. The van der Waals surface area contributed by atoms with Crippen LogP contribution in [0.1, 0.15) is 22.3 Å². The largest absolute Gasteiger partial charge is 0.478 e. The highest BCUT2D eigenvalue weighted by molar-refractivity contribution is 7.89. The van der Waals surface area contributed by atoms with Crippen LogP contribution in [0.3, 0.4) is 0 Å². The number of hydrogen-bond acceptors (Lipinski definition) is 4. The number of primary sulfonamides is 1. The summed E-state index contributed by atoms with van der Waals surface area (Å²) in [5, 5.41) is 16.8. The predicted molar refractivity (Wildman–Crippen MR) is 69.2 cm³/mol. The van der Waals surface area contributed by atoms with Crippen LogP contribution in [0.4, 0.5) is 5.69 Å². The van der Waals surface area contributed by atoms with E-state index in [1.165, 1.54) is 6.07 Å². The lowest BCUT2D eigenvalue weighted by Crippen LogP contribution is -2.19. The van der Waals surface area contributed by atoms with E-state index in [2.05, 4.69) is 5.32 Å². The summed E-state index contributed by atoms with van der Waals surface area (Å²) in [6.07, 6.45) is 0.325. The smallest absolute Gasteiger partial charge is 0.337 e. The van der Waals surface area contributed by atoms with Crippen LogP contribution in [0.2, 0.25) is 0 Å². The van der Waals surface area contributed by atoms with Crippen molar-refractivity contribution in [2.75, 3.05) is 17.6 Å². The van der Waals surface area contributed by atoms with Crippen LogP contribution in [0.15, 0.2) is 18.2 Å². The van der Waals surface area contributed by atoms with Gasteiger partial charge in [-0.25, -0.2) is 18.4 Å². The number of carbonyl (C=O) groups is 1. The second-order valence-corrected chi connectivity index (χ2v) is 5.74. The number of nitrogens with one attached hydrogen (secondary N) is 1. The Morgan fingerprint density at radius 2 is 2.11 bits per heavy atom. The van der Waals surface area contributed by atoms with E-state index in [4.69, 9.17) is 10.2 Å². The number of rotatable bonds is 6. The molecule has 7 heteroatoms. The molecule has 1 aromatic carbocycles. The van der Waals surface area contributed by atoms with Crippen molar-refractivity contribution in [3.63, 3.8) is 0 Å². The lowest BCUT2D eigenvalue weighted by molar-refractivity contribution is 0.0698. The van der Waals surface area contributed by atoms with Gasteiger partial charge in [0.15, 0.2) is 0 Å². The Balaban J connectivity index is 2.66. The molecule has 0 spiro atoms. The summed E-state index contributed by atoms with van der Waals surface area (Å²) in [6, 6.07) is 4.93. The molecule has 0 aliphatic carbocycles. The number of aromatic carboxylic acids is 1. The van der Waals surface area contributed by atoms with Crippen LogP contribution in [0.25, 0.3) is 0 Å². The van der Waals surface area contributed by atoms with E-state index < -0.39 is 16.0 Å². The molecule has 6 nitrogen and oxygen atoms in total. The SMILES string of the molecule is Cc1ccc(C(=O)O)c(NCCCS(N)(=O)=O)c1. The third-order valence-corrected chi connectivity index (χ3v) is 3.18. The molecule has 0 saturated heterocycles. The van der Waals surface area contributed by atoms with E-state index in [0.29, 0.717) is 18.7 Å². The molecule has 100 valence electrons. The van der Waals surface area contributed by atoms with Crippen molar-refractivity contribution in [1.29, 1.82) is 0 Å². The van der Waals surface area contributed by atoms with E-state index in [1.54, 1.807) is 12.1 Å². The Hall–Kier alpha value is -1.60. The van der Waals surface area contributed by atoms with Crippen molar-refractivity contribution in [1.82, 2.24) is 0 Å². The molecule has 4 N–H and O–H groups in total. The van der Waals surface area contributed by atoms with Gasteiger partial charge in [0.25, 0.3) is 0 Å². The molecule has 0 aromatic heterocycles. The van der Waals surface area contributed by atoms with Crippen molar-refractivity contribution < 1.29 is 18.3 Å². The third-order valence-electron chi connectivity index (χ3n) is 2.33. The molecule has 1 rings (SSSR count). The Morgan fingerprint density at radius 3 is 2.67 bits per heavy atom. The maximum absolute atomic E-state index is 11.0. The molecule has 18 heavy (non-hydrogen) atoms. The number of anilines is 1. The summed E-state index contributed by atoms with van der Waals surface area (Å²) < 4.78 is 21.5. The highest BCUT2D eigenvalue weighted by atomic mass is 32.2. The molecule has 0 radical (unpaired) electrons. The first-order valence-electron chi connectivity index (χ1n) is 5.38. The highest BCUT2D eigenvalue weighted by Gasteiger charge is 2.09. The summed E-state index contributed by atoms with van der Waals surface area (Å²) in [5.41, 5.74) is 1.57. The van der Waals surface area contributed by atoms with Gasteiger partial charge in [0.05, 0.1) is 11.3 Å². The second-order valence-electron chi connectivity index (χ2n) is 4.00. The maximum atomic E-state index is 11.0. The van der Waals surface area contributed by atoms with Gasteiger partial charge in [0.2, 0.25) is 10.0 Å². The molecule has 0 aliphatic heterocycles. The quantitative estimate of drug-likeness (QED) is 0.663. The second kappa shape index (κ2) is 5.83. The third kappa shape index (κ3) is 4.72. The van der Waals surface area contributed by atoms with Crippen LogP contribution in [-0.2, 0) is 10.0 Å². The van der Waals surface area contributed by atoms with Crippen LogP contribution >= 0.6 is 0 Å². The first-order chi connectivity index (χ1) is 8.29. The Bertz CT molecular complexity index is 540. The Labute approximate surface area is 106 Å². The van der Waals surface area contributed by atoms with Crippen LogP contribution < -0.4 is 10.5 Å². The van der Waals surface area contributed by atoms with Crippen LogP contribution in [0, 0.1) is 6.92 Å². The highest BCUT2D eigenvalue weighted by Crippen LogP contribution is 2.17. The predicted octanol–water partition coefficient (Wildman–Crippen LogP) is 0.784. The standard InChI is InChI=1S/C11H16N2O4S/c1-8-3-4-9(11(14)15)10(7-8)13-5-2-6-18(12,16)17/h3-4,7,13H,2,5-6H2,1H3,(H,14,15)(H2,12,16,17). The topological polar surface area (TPSA) is 109 Å². The molecular weight excluding hydrogens is 256 g/mol. The minimum absolute atomic E-state index is 0.131. The van der Waals surface area contributed by atoms with E-state index in [1.807, 2.05) is 6.92 Å². The van der Waals surface area contributed by atoms with E-state index in [-0.39, 0.29) is 11.3 Å². The molecule has 0 heterocycles. The Morgan fingerprint density at radius 1 is 1.44 bits per heavy atom. The normalized spacial score (nSPS) is 11.2. The van der Waals surface area contributed by atoms with Gasteiger partial charge in [-0.1, -0.05) is 6.07 Å². The van der Waals surface area contributed by atoms with Crippen molar-refractivity contribution in [3.05, 3.63) is 29.3 Å². The number of benzene rings is 1. The zero-order chi connectivity index (χ0) is 13.8.